The Balaban J connectivity index is 1.66. The number of rotatable bonds is 9. The van der Waals surface area contributed by atoms with Gasteiger partial charge in [-0.3, -0.25) is 4.99 Å². The predicted octanol–water partition coefficient (Wildman–Crippen LogP) is 3.48. The van der Waals surface area contributed by atoms with E-state index >= 15 is 0 Å². The van der Waals surface area contributed by atoms with E-state index in [9.17, 15) is 0 Å². The molecule has 2 aromatic rings. The van der Waals surface area contributed by atoms with E-state index in [1.165, 1.54) is 0 Å². The van der Waals surface area contributed by atoms with Gasteiger partial charge in [-0.05, 0) is 60.7 Å². The molecule has 2 aromatic heterocycles. The zero-order chi connectivity index (χ0) is 23.4. The number of hydrogen-bond acceptors (Lipinski definition) is 8. The van der Waals surface area contributed by atoms with Crippen LogP contribution in [0.1, 0.15) is 36.1 Å². The molecule has 4 rings (SSSR count). The summed E-state index contributed by atoms with van der Waals surface area (Å²) in [6.45, 7) is 9.16. The molecule has 0 spiro atoms. The zero-order valence-electron chi connectivity index (χ0n) is 18.5. The van der Waals surface area contributed by atoms with Crippen LogP contribution >= 0.6 is 11.6 Å². The van der Waals surface area contributed by atoms with Crippen LogP contribution in [0.25, 0.3) is 11.3 Å². The lowest BCUT2D eigenvalue weighted by molar-refractivity contribution is 0.524. The van der Waals surface area contributed by atoms with Crippen molar-refractivity contribution in [3.8, 4) is 0 Å². The molecule has 2 aliphatic heterocycles. The maximum atomic E-state index is 6.52. The SMILES string of the molecule is C=C(NCN)c1nc2c(cc1Cl)CCC(CCN)N2C(=C)Nc1cc(C2=CN=CC2)ccn1. The van der Waals surface area contributed by atoms with Crippen LogP contribution in [0.3, 0.4) is 0 Å². The van der Waals surface area contributed by atoms with Gasteiger partial charge in [-0.2, -0.15) is 0 Å². The summed E-state index contributed by atoms with van der Waals surface area (Å²) in [5.74, 6) is 2.17. The average molecular weight is 465 g/mol. The fraction of sp³-hybridized carbons (Fsp3) is 0.292. The first-order chi connectivity index (χ1) is 16.0. The number of aliphatic imine (C=N–C) groups is 1. The van der Waals surface area contributed by atoms with Gasteiger partial charge in [0.25, 0.3) is 0 Å². The number of nitrogens with two attached hydrogens (primary N) is 2. The molecule has 0 aliphatic carbocycles. The van der Waals surface area contributed by atoms with E-state index in [1.54, 1.807) is 6.20 Å². The number of aromatic nitrogens is 2. The van der Waals surface area contributed by atoms with Crippen molar-refractivity contribution in [2.45, 2.75) is 31.7 Å². The molecule has 0 amide bonds. The van der Waals surface area contributed by atoms with Gasteiger partial charge in [-0.1, -0.05) is 24.8 Å². The third-order valence-corrected chi connectivity index (χ3v) is 6.10. The Labute approximate surface area is 199 Å². The van der Waals surface area contributed by atoms with Crippen molar-refractivity contribution in [1.82, 2.24) is 15.3 Å². The van der Waals surface area contributed by atoms with Crippen LogP contribution in [-0.2, 0) is 6.42 Å². The van der Waals surface area contributed by atoms with Gasteiger partial charge in [0.05, 0.1) is 17.4 Å². The topological polar surface area (TPSA) is 117 Å². The van der Waals surface area contributed by atoms with Crippen molar-refractivity contribution < 1.29 is 0 Å². The first kappa shape index (κ1) is 23.0. The number of nitrogens with zero attached hydrogens (tertiary/aromatic N) is 4. The van der Waals surface area contributed by atoms with Crippen LogP contribution in [-0.4, -0.2) is 35.4 Å². The Morgan fingerprint density at radius 3 is 2.85 bits per heavy atom. The smallest absolute Gasteiger partial charge is 0.138 e. The van der Waals surface area contributed by atoms with Gasteiger partial charge in [0, 0.05) is 31.1 Å². The maximum Gasteiger partial charge on any atom is 0.138 e. The normalized spacial score (nSPS) is 16.9. The summed E-state index contributed by atoms with van der Waals surface area (Å²) in [6.07, 6.45) is 8.95. The number of anilines is 2. The fourth-order valence-electron chi connectivity index (χ4n) is 4.21. The van der Waals surface area contributed by atoms with Gasteiger partial charge in [-0.15, -0.1) is 0 Å². The highest BCUT2D eigenvalue weighted by atomic mass is 35.5. The minimum Gasteiger partial charge on any atom is -0.371 e. The molecule has 33 heavy (non-hydrogen) atoms. The number of hydrogen-bond donors (Lipinski definition) is 4. The van der Waals surface area contributed by atoms with Gasteiger partial charge < -0.3 is 27.0 Å². The number of halogens is 1. The van der Waals surface area contributed by atoms with E-state index in [0.717, 1.165) is 48.2 Å². The third-order valence-electron chi connectivity index (χ3n) is 5.81. The van der Waals surface area contributed by atoms with Crippen molar-refractivity contribution >= 4 is 40.7 Å². The van der Waals surface area contributed by atoms with E-state index in [2.05, 4.69) is 38.7 Å². The van der Waals surface area contributed by atoms with Crippen LogP contribution in [0, 0.1) is 0 Å². The Hall–Kier alpha value is -3.20. The molecule has 0 fully saturated rings. The largest absolute Gasteiger partial charge is 0.371 e. The Morgan fingerprint density at radius 2 is 2.12 bits per heavy atom. The standard InChI is InChI=1S/C24H29ClN8/c1-15(30-14-27)23-21(25)11-18-3-4-20(5-8-26)33(24(18)32-23)16(2)31-22-12-17(7-10-29-22)19-6-9-28-13-19/h7,9-13,20,30H,1-6,8,14,26-27H2,(H,29,31). The summed E-state index contributed by atoms with van der Waals surface area (Å²) >= 11 is 6.52. The van der Waals surface area contributed by atoms with Gasteiger partial charge in [0.1, 0.15) is 23.2 Å². The molecule has 0 radical (unpaired) electrons. The third kappa shape index (κ3) is 4.93. The molecule has 8 nitrogen and oxygen atoms in total. The molecule has 1 atom stereocenters. The lowest BCUT2D eigenvalue weighted by atomic mass is 9.96. The quantitative estimate of drug-likeness (QED) is 0.419. The van der Waals surface area contributed by atoms with Gasteiger partial charge in [0.15, 0.2) is 0 Å². The summed E-state index contributed by atoms with van der Waals surface area (Å²) in [5, 5.41) is 6.91. The molecule has 1 unspecified atom stereocenters. The van der Waals surface area contributed by atoms with E-state index < -0.39 is 0 Å². The molecular weight excluding hydrogens is 436 g/mol. The van der Waals surface area contributed by atoms with Crippen LogP contribution < -0.4 is 27.0 Å². The van der Waals surface area contributed by atoms with Crippen LogP contribution in [0.4, 0.5) is 11.6 Å². The summed E-state index contributed by atoms with van der Waals surface area (Å²) in [5.41, 5.74) is 16.0. The van der Waals surface area contributed by atoms with Crippen LogP contribution in [0.15, 0.2) is 54.6 Å². The van der Waals surface area contributed by atoms with Crippen LogP contribution in [0.2, 0.25) is 5.02 Å². The molecule has 6 N–H and O–H groups in total. The summed E-state index contributed by atoms with van der Waals surface area (Å²) < 4.78 is 0. The summed E-state index contributed by atoms with van der Waals surface area (Å²) in [4.78, 5) is 15.7. The number of allylic oxidation sites excluding steroid dienone is 1. The second kappa shape index (κ2) is 10.2. The van der Waals surface area contributed by atoms with E-state index in [1.807, 2.05) is 30.6 Å². The van der Waals surface area contributed by atoms with Gasteiger partial charge >= 0.3 is 0 Å². The Bertz CT molecular complexity index is 1120. The Morgan fingerprint density at radius 1 is 1.27 bits per heavy atom. The summed E-state index contributed by atoms with van der Waals surface area (Å²) in [7, 11) is 0. The molecular formula is C24H29ClN8. The highest BCUT2D eigenvalue weighted by molar-refractivity contribution is 6.32. The molecule has 2 aliphatic rings. The molecule has 9 heteroatoms. The van der Waals surface area contributed by atoms with Crippen molar-refractivity contribution in [2.75, 3.05) is 23.4 Å². The van der Waals surface area contributed by atoms with Crippen molar-refractivity contribution in [3.63, 3.8) is 0 Å². The van der Waals surface area contributed by atoms with Crippen molar-refractivity contribution in [3.05, 3.63) is 71.4 Å². The highest BCUT2D eigenvalue weighted by Crippen LogP contribution is 2.36. The first-order valence-corrected chi connectivity index (χ1v) is 11.3. The maximum absolute atomic E-state index is 6.52. The number of nitrogens with one attached hydrogen (secondary N) is 2. The molecule has 0 saturated heterocycles. The molecule has 4 heterocycles. The molecule has 172 valence electrons. The fourth-order valence-corrected chi connectivity index (χ4v) is 4.50. The second-order valence-corrected chi connectivity index (χ2v) is 8.40. The van der Waals surface area contributed by atoms with Crippen molar-refractivity contribution in [1.29, 1.82) is 0 Å². The minimum absolute atomic E-state index is 0.147. The van der Waals surface area contributed by atoms with Crippen LogP contribution in [0.5, 0.6) is 0 Å². The monoisotopic (exact) mass is 464 g/mol. The highest BCUT2D eigenvalue weighted by Gasteiger charge is 2.30. The van der Waals surface area contributed by atoms with E-state index in [0.29, 0.717) is 34.6 Å². The minimum atomic E-state index is 0.147. The van der Waals surface area contributed by atoms with Gasteiger partial charge in [0.2, 0.25) is 0 Å². The first-order valence-electron chi connectivity index (χ1n) is 11.0. The predicted molar refractivity (Wildman–Crippen MR) is 137 cm³/mol. The summed E-state index contributed by atoms with van der Waals surface area (Å²) in [6, 6.07) is 6.08. The molecule has 0 saturated carbocycles. The second-order valence-electron chi connectivity index (χ2n) is 7.99. The van der Waals surface area contributed by atoms with Crippen molar-refractivity contribution in [2.24, 2.45) is 16.5 Å². The van der Waals surface area contributed by atoms with E-state index in [-0.39, 0.29) is 12.7 Å². The number of pyridine rings is 2. The number of aryl methyl sites for hydroxylation is 1. The Kier molecular flexibility index (Phi) is 7.08. The number of fused-ring (bicyclic) bond motifs is 1. The average Bonchev–Trinajstić information content (AvgIpc) is 3.34. The molecule has 0 aromatic carbocycles. The van der Waals surface area contributed by atoms with E-state index in [4.69, 9.17) is 28.1 Å². The zero-order valence-corrected chi connectivity index (χ0v) is 19.3. The lowest BCUT2D eigenvalue weighted by Crippen LogP contribution is -2.42. The lowest BCUT2D eigenvalue weighted by Gasteiger charge is -2.39. The molecule has 0 bridgehead atoms. The van der Waals surface area contributed by atoms with Gasteiger partial charge in [-0.25, -0.2) is 9.97 Å².